The number of phosphoric acid groups is 2. The van der Waals surface area contributed by atoms with Crippen LogP contribution in [0.2, 0.25) is 0 Å². The van der Waals surface area contributed by atoms with Crippen LogP contribution in [0.15, 0.2) is 12.7 Å². The monoisotopic (exact) mass is 524 g/mol. The third-order valence-electron chi connectivity index (χ3n) is 5.51. The highest BCUT2D eigenvalue weighted by Gasteiger charge is 2.46. The number of phosphoric ester groups is 2. The lowest BCUT2D eigenvalue weighted by atomic mass is 10.1. The fourth-order valence-corrected chi connectivity index (χ4v) is 5.96. The van der Waals surface area contributed by atoms with Crippen molar-refractivity contribution in [2.45, 2.75) is 56.4 Å². The van der Waals surface area contributed by atoms with Crippen LogP contribution in [0.5, 0.6) is 0 Å². The third-order valence-corrected chi connectivity index (χ3v) is 8.12. The van der Waals surface area contributed by atoms with Crippen LogP contribution < -0.4 is 11.1 Å². The lowest BCUT2D eigenvalue weighted by Gasteiger charge is -2.20. The molecule has 2 fully saturated rings. The first kappa shape index (κ1) is 25.5. The molecule has 0 aromatic carbocycles. The highest BCUT2D eigenvalue weighted by atomic mass is 31.3. The second-order valence-electron chi connectivity index (χ2n) is 8.08. The molecule has 2 aliphatic heterocycles. The van der Waals surface area contributed by atoms with Gasteiger partial charge in [0.15, 0.2) is 17.7 Å². The van der Waals surface area contributed by atoms with E-state index in [9.17, 15) is 29.1 Å². The number of rotatable bonds is 9. The second-order valence-corrected chi connectivity index (χ2v) is 11.1. The molecule has 16 nitrogen and oxygen atoms in total. The first-order valence-corrected chi connectivity index (χ1v) is 13.3. The zero-order valence-corrected chi connectivity index (χ0v) is 19.7. The van der Waals surface area contributed by atoms with E-state index in [2.05, 4.69) is 24.6 Å². The quantitative estimate of drug-likeness (QED) is 0.225. The Morgan fingerprint density at radius 3 is 2.53 bits per heavy atom. The molecular formula is C16H26N6O10P2. The first-order valence-electron chi connectivity index (χ1n) is 10.3. The number of nitrogens with zero attached hydrogens (tertiary/aromatic N) is 4. The summed E-state index contributed by atoms with van der Waals surface area (Å²) in [6.07, 6.45) is -1.49. The summed E-state index contributed by atoms with van der Waals surface area (Å²) in [4.78, 5) is 31.5. The van der Waals surface area contributed by atoms with Gasteiger partial charge in [-0.1, -0.05) is 0 Å². The van der Waals surface area contributed by atoms with E-state index in [1.54, 1.807) is 0 Å². The molecule has 34 heavy (non-hydrogen) atoms. The minimum Gasteiger partial charge on any atom is -0.387 e. The van der Waals surface area contributed by atoms with Crippen molar-refractivity contribution >= 4 is 32.6 Å². The SMILES string of the molecule is CC1CCC(COP(=O)(O)OP(=O)(O)OCC2OC(n3cnc4c(N)ncnc43)C(O)C2O)N1. The Balaban J connectivity index is 1.34. The van der Waals surface area contributed by atoms with Crippen molar-refractivity contribution in [1.82, 2.24) is 24.8 Å². The van der Waals surface area contributed by atoms with Crippen LogP contribution in [0, 0.1) is 0 Å². The molecule has 190 valence electrons. The number of anilines is 1. The van der Waals surface area contributed by atoms with Gasteiger partial charge in [-0.15, -0.1) is 0 Å². The normalized spacial score (nSPS) is 33.2. The predicted molar refractivity (Wildman–Crippen MR) is 114 cm³/mol. The third kappa shape index (κ3) is 5.64. The van der Waals surface area contributed by atoms with Crippen LogP contribution in [-0.2, 0) is 27.2 Å². The zero-order valence-electron chi connectivity index (χ0n) is 17.9. The average molecular weight is 524 g/mol. The maximum Gasteiger partial charge on any atom is 0.481 e. The average Bonchev–Trinajstić information content (AvgIpc) is 3.44. The van der Waals surface area contributed by atoms with Gasteiger partial charge < -0.3 is 35.8 Å². The Morgan fingerprint density at radius 2 is 1.85 bits per heavy atom. The van der Waals surface area contributed by atoms with E-state index >= 15 is 0 Å². The smallest absolute Gasteiger partial charge is 0.387 e. The number of hydrogen-bond acceptors (Lipinski definition) is 13. The molecule has 0 saturated carbocycles. The molecule has 8 unspecified atom stereocenters. The second kappa shape index (κ2) is 9.84. The first-order chi connectivity index (χ1) is 16.0. The molecule has 7 N–H and O–H groups in total. The van der Waals surface area contributed by atoms with Gasteiger partial charge in [0, 0.05) is 12.1 Å². The number of aromatic nitrogens is 4. The molecule has 0 amide bonds. The van der Waals surface area contributed by atoms with Crippen LogP contribution in [-0.4, -0.2) is 83.1 Å². The van der Waals surface area contributed by atoms with Gasteiger partial charge in [-0.2, -0.15) is 4.31 Å². The number of ether oxygens (including phenoxy) is 1. The zero-order chi connectivity index (χ0) is 24.7. The number of fused-ring (bicyclic) bond motifs is 1. The van der Waals surface area contributed by atoms with Crippen LogP contribution in [0.4, 0.5) is 5.82 Å². The number of nitrogens with one attached hydrogen (secondary N) is 1. The summed E-state index contributed by atoms with van der Waals surface area (Å²) in [5, 5.41) is 23.9. The summed E-state index contributed by atoms with van der Waals surface area (Å²) >= 11 is 0. The minimum atomic E-state index is -5.10. The van der Waals surface area contributed by atoms with Gasteiger partial charge in [-0.3, -0.25) is 13.6 Å². The van der Waals surface area contributed by atoms with Crippen molar-refractivity contribution in [2.75, 3.05) is 18.9 Å². The van der Waals surface area contributed by atoms with E-state index in [-0.39, 0.29) is 35.7 Å². The molecule has 4 heterocycles. The highest BCUT2D eigenvalue weighted by Crippen LogP contribution is 2.60. The number of nitrogen functional groups attached to an aromatic ring is 1. The van der Waals surface area contributed by atoms with E-state index < -0.39 is 46.8 Å². The van der Waals surface area contributed by atoms with Crippen molar-refractivity contribution in [1.29, 1.82) is 0 Å². The van der Waals surface area contributed by atoms with Gasteiger partial charge in [0.05, 0.1) is 19.5 Å². The summed E-state index contributed by atoms with van der Waals surface area (Å²) in [5.41, 5.74) is 6.22. The Hall–Kier alpha value is -1.55. The molecule has 18 heteroatoms. The Kier molecular flexibility index (Phi) is 7.39. The molecule has 8 atom stereocenters. The number of aliphatic hydroxyl groups is 2. The number of aliphatic hydroxyl groups excluding tert-OH is 2. The van der Waals surface area contributed by atoms with E-state index in [1.165, 1.54) is 17.2 Å². The topological polar surface area (TPSA) is 234 Å². The summed E-state index contributed by atoms with van der Waals surface area (Å²) < 4.78 is 44.9. The largest absolute Gasteiger partial charge is 0.481 e. The number of nitrogens with two attached hydrogens (primary N) is 1. The fraction of sp³-hybridized carbons (Fsp3) is 0.688. The summed E-state index contributed by atoms with van der Waals surface area (Å²) in [6, 6.07) is 0.0282. The molecule has 0 spiro atoms. The Labute approximate surface area is 193 Å². The number of imidazole rings is 1. The fourth-order valence-electron chi connectivity index (χ4n) is 3.83. The van der Waals surface area contributed by atoms with Crippen molar-refractivity contribution in [2.24, 2.45) is 0 Å². The van der Waals surface area contributed by atoms with E-state index in [1.807, 2.05) is 6.92 Å². The van der Waals surface area contributed by atoms with Gasteiger partial charge in [0.2, 0.25) is 0 Å². The van der Waals surface area contributed by atoms with Gasteiger partial charge in [0.25, 0.3) is 0 Å². The van der Waals surface area contributed by atoms with Gasteiger partial charge in [-0.25, -0.2) is 24.1 Å². The summed E-state index contributed by atoms with van der Waals surface area (Å²) in [6.45, 7) is 0.988. The van der Waals surface area contributed by atoms with Crippen molar-refractivity contribution in [3.63, 3.8) is 0 Å². The molecule has 2 saturated heterocycles. The Bertz CT molecular complexity index is 1120. The van der Waals surface area contributed by atoms with Crippen molar-refractivity contribution in [3.8, 4) is 0 Å². The lowest BCUT2D eigenvalue weighted by molar-refractivity contribution is -0.0504. The lowest BCUT2D eigenvalue weighted by Crippen LogP contribution is -2.33. The maximum absolute atomic E-state index is 12.2. The van der Waals surface area contributed by atoms with Gasteiger partial charge >= 0.3 is 15.6 Å². The standard InChI is InChI=1S/C16H26N6O10P2/c1-8-2-3-9(21-8)4-29-33(25,26)32-34(27,28)30-5-10-12(23)13(24)16(31-10)22-7-20-11-14(17)18-6-19-15(11)22/h6-10,12-13,16,21,23-24H,2-5H2,1H3,(H,25,26)(H,27,28)(H2,17,18,19). The summed E-state index contributed by atoms with van der Waals surface area (Å²) in [5.74, 6) is 0.101. The van der Waals surface area contributed by atoms with Crippen LogP contribution in [0.3, 0.4) is 0 Å². The van der Waals surface area contributed by atoms with Crippen molar-refractivity contribution in [3.05, 3.63) is 12.7 Å². The van der Waals surface area contributed by atoms with E-state index in [4.69, 9.17) is 19.5 Å². The van der Waals surface area contributed by atoms with Gasteiger partial charge in [0.1, 0.15) is 30.2 Å². The molecular weight excluding hydrogens is 498 g/mol. The van der Waals surface area contributed by atoms with Crippen LogP contribution >= 0.6 is 15.6 Å². The van der Waals surface area contributed by atoms with Crippen LogP contribution in [0.25, 0.3) is 11.2 Å². The molecule has 0 radical (unpaired) electrons. The predicted octanol–water partition coefficient (Wildman–Crippen LogP) is -0.581. The minimum absolute atomic E-state index is 0.101. The highest BCUT2D eigenvalue weighted by molar-refractivity contribution is 7.61. The maximum atomic E-state index is 12.2. The molecule has 2 aromatic rings. The van der Waals surface area contributed by atoms with Gasteiger partial charge in [-0.05, 0) is 19.8 Å². The molecule has 2 aliphatic rings. The molecule has 2 aromatic heterocycles. The Morgan fingerprint density at radius 1 is 1.15 bits per heavy atom. The van der Waals surface area contributed by atoms with Crippen molar-refractivity contribution < 1.29 is 47.2 Å². The van der Waals surface area contributed by atoms with Crippen LogP contribution in [0.1, 0.15) is 26.0 Å². The molecule has 0 bridgehead atoms. The molecule has 4 rings (SSSR count). The molecule has 0 aliphatic carbocycles. The van der Waals surface area contributed by atoms with E-state index in [0.717, 1.165) is 6.42 Å². The number of hydrogen-bond donors (Lipinski definition) is 6. The summed E-state index contributed by atoms with van der Waals surface area (Å²) in [7, 11) is -10.0. The van der Waals surface area contributed by atoms with E-state index in [0.29, 0.717) is 6.42 Å².